The van der Waals surface area contributed by atoms with Crippen LogP contribution in [0.2, 0.25) is 0 Å². The van der Waals surface area contributed by atoms with Crippen molar-refractivity contribution in [3.05, 3.63) is 41.3 Å². The Morgan fingerprint density at radius 1 is 1.09 bits per heavy atom. The van der Waals surface area contributed by atoms with Gasteiger partial charge in [-0.1, -0.05) is 12.1 Å². The summed E-state index contributed by atoms with van der Waals surface area (Å²) in [5.74, 6) is -0.481. The fourth-order valence-electron chi connectivity index (χ4n) is 5.16. The lowest BCUT2D eigenvalue weighted by atomic mass is 9.92. The van der Waals surface area contributed by atoms with Crippen LogP contribution in [0, 0.1) is 5.92 Å². The van der Waals surface area contributed by atoms with Gasteiger partial charge in [0.05, 0.1) is 11.3 Å². The second-order valence-corrected chi connectivity index (χ2v) is 10.2. The van der Waals surface area contributed by atoms with Gasteiger partial charge in [-0.25, -0.2) is 0 Å². The minimum Gasteiger partial charge on any atom is -0.353 e. The molecule has 0 radical (unpaired) electrons. The minimum absolute atomic E-state index is 0.0223. The van der Waals surface area contributed by atoms with Crippen LogP contribution >= 0.6 is 11.3 Å². The van der Waals surface area contributed by atoms with Gasteiger partial charge >= 0.3 is 0 Å². The Morgan fingerprint density at radius 3 is 2.59 bits per heavy atom. The zero-order chi connectivity index (χ0) is 23.8. The molecule has 0 aliphatic carbocycles. The summed E-state index contributed by atoms with van der Waals surface area (Å²) in [5, 5.41) is 8.03. The standard InChI is InChI=1S/C25H28N4O4S/c1-15(30)28-9-6-16(7-10-28)23(31)26-18-8-11-29-21(14-18)24(32)27-20-5-4-17(13-19(20)25(29)33)22-3-2-12-34-22/h2-5,12-13,16,18,21H,6-11,14H2,1H3,(H,26,31)(H,27,32). The summed E-state index contributed by atoms with van der Waals surface area (Å²) in [6.45, 7) is 3.15. The highest BCUT2D eigenvalue weighted by Crippen LogP contribution is 2.33. The van der Waals surface area contributed by atoms with Gasteiger partial charge in [-0.05, 0) is 54.8 Å². The molecule has 8 nitrogen and oxygen atoms in total. The Balaban J connectivity index is 1.26. The van der Waals surface area contributed by atoms with Crippen molar-refractivity contribution in [1.29, 1.82) is 0 Å². The lowest BCUT2D eigenvalue weighted by molar-refractivity contribution is -0.134. The number of likely N-dealkylation sites (tertiary alicyclic amines) is 1. The molecule has 4 amide bonds. The summed E-state index contributed by atoms with van der Waals surface area (Å²) in [7, 11) is 0. The largest absolute Gasteiger partial charge is 0.353 e. The van der Waals surface area contributed by atoms with Crippen LogP contribution in [0.15, 0.2) is 35.7 Å². The van der Waals surface area contributed by atoms with E-state index in [9.17, 15) is 19.2 Å². The highest BCUT2D eigenvalue weighted by Gasteiger charge is 2.40. The minimum atomic E-state index is -0.622. The maximum atomic E-state index is 13.4. The van der Waals surface area contributed by atoms with Crippen molar-refractivity contribution in [3.63, 3.8) is 0 Å². The van der Waals surface area contributed by atoms with E-state index in [1.54, 1.807) is 34.1 Å². The number of carbonyl (C=O) groups excluding carboxylic acids is 4. The van der Waals surface area contributed by atoms with Crippen LogP contribution in [0.4, 0.5) is 5.69 Å². The van der Waals surface area contributed by atoms with Crippen LogP contribution in [0.5, 0.6) is 0 Å². The maximum absolute atomic E-state index is 13.4. The summed E-state index contributed by atoms with van der Waals surface area (Å²) in [4.78, 5) is 55.3. The van der Waals surface area contributed by atoms with Gasteiger partial charge in [-0.3, -0.25) is 19.2 Å². The van der Waals surface area contributed by atoms with Crippen LogP contribution in [0.25, 0.3) is 10.4 Å². The van der Waals surface area contributed by atoms with Gasteiger partial charge in [-0.2, -0.15) is 0 Å². The van der Waals surface area contributed by atoms with Crippen LogP contribution in [-0.4, -0.2) is 65.1 Å². The second-order valence-electron chi connectivity index (χ2n) is 9.25. The number of anilines is 1. The average Bonchev–Trinajstić information content (AvgIpc) is 3.36. The Bertz CT molecular complexity index is 1120. The Labute approximate surface area is 202 Å². The lowest BCUT2D eigenvalue weighted by Crippen LogP contribution is -2.55. The first-order valence-corrected chi connectivity index (χ1v) is 12.6. The molecule has 2 saturated heterocycles. The number of nitrogens with one attached hydrogen (secondary N) is 2. The predicted octanol–water partition coefficient (Wildman–Crippen LogP) is 2.72. The first kappa shape index (κ1) is 22.6. The normalized spacial score (nSPS) is 23.0. The van der Waals surface area contributed by atoms with Gasteiger partial charge in [0.15, 0.2) is 0 Å². The fourth-order valence-corrected chi connectivity index (χ4v) is 5.88. The van der Waals surface area contributed by atoms with E-state index in [1.165, 1.54) is 0 Å². The van der Waals surface area contributed by atoms with E-state index >= 15 is 0 Å². The molecule has 4 heterocycles. The first-order valence-electron chi connectivity index (χ1n) is 11.8. The van der Waals surface area contributed by atoms with Gasteiger partial charge < -0.3 is 20.4 Å². The third-order valence-electron chi connectivity index (χ3n) is 7.14. The van der Waals surface area contributed by atoms with Crippen LogP contribution < -0.4 is 10.6 Å². The SMILES string of the molecule is CC(=O)N1CCC(C(=O)NC2CCN3C(=O)c4cc(-c5cccs5)ccc4NC(=O)C3C2)CC1. The smallest absolute Gasteiger partial charge is 0.256 e. The Kier molecular flexibility index (Phi) is 6.12. The third-order valence-corrected chi connectivity index (χ3v) is 8.06. The highest BCUT2D eigenvalue weighted by atomic mass is 32.1. The van der Waals surface area contributed by atoms with Crippen LogP contribution in [0.1, 0.15) is 43.0 Å². The first-order chi connectivity index (χ1) is 16.4. The van der Waals surface area contributed by atoms with E-state index < -0.39 is 6.04 Å². The number of benzene rings is 1. The molecule has 2 N–H and O–H groups in total. The van der Waals surface area contributed by atoms with E-state index in [4.69, 9.17) is 0 Å². The number of hydrogen-bond acceptors (Lipinski definition) is 5. The molecule has 2 fully saturated rings. The molecule has 1 aromatic carbocycles. The molecule has 0 spiro atoms. The van der Waals surface area contributed by atoms with E-state index in [2.05, 4.69) is 10.6 Å². The van der Waals surface area contributed by atoms with Crippen molar-refractivity contribution in [2.24, 2.45) is 5.92 Å². The number of piperidine rings is 2. The van der Waals surface area contributed by atoms with Gasteiger partial charge in [0.2, 0.25) is 17.7 Å². The van der Waals surface area contributed by atoms with Gasteiger partial charge in [-0.15, -0.1) is 11.3 Å². The predicted molar refractivity (Wildman–Crippen MR) is 129 cm³/mol. The molecule has 3 aliphatic heterocycles. The molecule has 0 bridgehead atoms. The summed E-state index contributed by atoms with van der Waals surface area (Å²) >= 11 is 1.60. The van der Waals surface area contributed by atoms with Gasteiger partial charge in [0, 0.05) is 43.4 Å². The molecule has 178 valence electrons. The Morgan fingerprint density at radius 2 is 1.88 bits per heavy atom. The zero-order valence-corrected chi connectivity index (χ0v) is 19.9. The number of carbonyl (C=O) groups is 4. The quantitative estimate of drug-likeness (QED) is 0.706. The number of nitrogens with zero attached hydrogens (tertiary/aromatic N) is 2. The number of rotatable bonds is 3. The van der Waals surface area contributed by atoms with Crippen LogP contribution in [-0.2, 0) is 14.4 Å². The monoisotopic (exact) mass is 480 g/mol. The van der Waals surface area contributed by atoms with Crippen molar-refractivity contribution >= 4 is 40.7 Å². The molecular weight excluding hydrogens is 452 g/mol. The van der Waals surface area contributed by atoms with Crippen molar-refractivity contribution in [2.45, 2.75) is 44.7 Å². The molecule has 0 saturated carbocycles. The molecule has 9 heteroatoms. The second kappa shape index (κ2) is 9.21. The third kappa shape index (κ3) is 4.32. The molecule has 34 heavy (non-hydrogen) atoms. The van der Waals surface area contributed by atoms with E-state index in [0.717, 1.165) is 10.4 Å². The number of hydrogen-bond donors (Lipinski definition) is 2. The summed E-state index contributed by atoms with van der Waals surface area (Å²) < 4.78 is 0. The molecule has 3 aliphatic rings. The van der Waals surface area contributed by atoms with Crippen molar-refractivity contribution in [3.8, 4) is 10.4 Å². The summed E-state index contributed by atoms with van der Waals surface area (Å²) in [6, 6.07) is 8.76. The van der Waals surface area contributed by atoms with Gasteiger partial charge in [0.1, 0.15) is 6.04 Å². The molecular formula is C25H28N4O4S. The van der Waals surface area contributed by atoms with E-state index in [-0.39, 0.29) is 35.6 Å². The van der Waals surface area contributed by atoms with Crippen molar-refractivity contribution in [2.75, 3.05) is 25.0 Å². The molecule has 1 aromatic heterocycles. The van der Waals surface area contributed by atoms with E-state index in [0.29, 0.717) is 56.6 Å². The maximum Gasteiger partial charge on any atom is 0.256 e. The highest BCUT2D eigenvalue weighted by molar-refractivity contribution is 7.13. The summed E-state index contributed by atoms with van der Waals surface area (Å²) in [6.07, 6.45) is 2.29. The number of amides is 4. The van der Waals surface area contributed by atoms with Crippen LogP contribution in [0.3, 0.4) is 0 Å². The molecule has 2 atom stereocenters. The lowest BCUT2D eigenvalue weighted by Gasteiger charge is -2.38. The van der Waals surface area contributed by atoms with Crippen molar-refractivity contribution in [1.82, 2.24) is 15.1 Å². The topological polar surface area (TPSA) is 98.8 Å². The zero-order valence-electron chi connectivity index (χ0n) is 19.1. The number of thiophene rings is 1. The molecule has 2 unspecified atom stereocenters. The fraction of sp³-hybridized carbons (Fsp3) is 0.440. The molecule has 5 rings (SSSR count). The average molecular weight is 481 g/mol. The Hall–Kier alpha value is -3.20. The summed E-state index contributed by atoms with van der Waals surface area (Å²) in [5.41, 5.74) is 1.98. The van der Waals surface area contributed by atoms with Gasteiger partial charge in [0.25, 0.3) is 5.91 Å². The number of fused-ring (bicyclic) bond motifs is 2. The molecule has 2 aromatic rings. The van der Waals surface area contributed by atoms with Crippen molar-refractivity contribution < 1.29 is 19.2 Å². The van der Waals surface area contributed by atoms with E-state index in [1.807, 2.05) is 29.6 Å².